The van der Waals surface area contributed by atoms with Gasteiger partial charge in [-0.15, -0.1) is 0 Å². The Labute approximate surface area is 315 Å². The van der Waals surface area contributed by atoms with Crippen molar-refractivity contribution in [2.45, 2.75) is 59.9 Å². The van der Waals surface area contributed by atoms with Gasteiger partial charge in [0.1, 0.15) is 36.5 Å². The van der Waals surface area contributed by atoms with Crippen molar-refractivity contribution in [2.24, 2.45) is 5.92 Å². The first-order chi connectivity index (χ1) is 25.2. The molecule has 9 nitrogen and oxygen atoms in total. The number of nitriles is 1. The second kappa shape index (κ2) is 17.3. The van der Waals surface area contributed by atoms with Crippen LogP contribution in [0.1, 0.15) is 57.6 Å². The number of nitrogens with one attached hydrogen (secondary N) is 2. The van der Waals surface area contributed by atoms with Gasteiger partial charge >= 0.3 is 0 Å². The van der Waals surface area contributed by atoms with Gasteiger partial charge in [-0.3, -0.25) is 10.1 Å². The third-order valence-corrected chi connectivity index (χ3v) is 10.3. The molecule has 0 bridgehead atoms. The SMILES string of the molecule is Cc1n[nH]c(C)c1CNCc1cc(Cl)c(OCc2cccc(-c3cccc(OCC4CCCN(C)C4)c3Cl)c2C)cc1OCc1cncc(C#N)c1. The Morgan fingerprint density at radius 1 is 0.923 bits per heavy atom. The van der Waals surface area contributed by atoms with Crippen molar-refractivity contribution >= 4 is 23.2 Å². The van der Waals surface area contributed by atoms with Gasteiger partial charge < -0.3 is 24.4 Å². The van der Waals surface area contributed by atoms with Crippen LogP contribution in [0.3, 0.4) is 0 Å². The van der Waals surface area contributed by atoms with E-state index in [2.05, 4.69) is 51.5 Å². The molecular weight excluding hydrogens is 695 g/mol. The van der Waals surface area contributed by atoms with E-state index in [1.165, 1.54) is 19.0 Å². The molecule has 0 amide bonds. The third-order valence-electron chi connectivity index (χ3n) is 9.61. The van der Waals surface area contributed by atoms with Crippen LogP contribution in [0.4, 0.5) is 0 Å². The number of ether oxygens (including phenoxy) is 3. The van der Waals surface area contributed by atoms with E-state index in [1.54, 1.807) is 12.3 Å². The molecule has 2 N–H and O–H groups in total. The molecule has 270 valence electrons. The van der Waals surface area contributed by atoms with Gasteiger partial charge in [-0.25, -0.2) is 0 Å². The largest absolute Gasteiger partial charge is 0.492 e. The highest BCUT2D eigenvalue weighted by atomic mass is 35.5. The van der Waals surface area contributed by atoms with E-state index < -0.39 is 0 Å². The number of aromatic amines is 1. The molecular formula is C41H44Cl2N6O3. The lowest BCUT2D eigenvalue weighted by atomic mass is 9.96. The van der Waals surface area contributed by atoms with E-state index in [9.17, 15) is 5.26 Å². The molecule has 6 rings (SSSR count). The summed E-state index contributed by atoms with van der Waals surface area (Å²) in [5.41, 5.74) is 9.21. The normalized spacial score (nSPS) is 14.6. The minimum absolute atomic E-state index is 0.221. The van der Waals surface area contributed by atoms with Gasteiger partial charge in [0.25, 0.3) is 0 Å². The maximum atomic E-state index is 9.34. The first-order valence-electron chi connectivity index (χ1n) is 17.5. The smallest absolute Gasteiger partial charge is 0.142 e. The lowest BCUT2D eigenvalue weighted by Gasteiger charge is -2.29. The van der Waals surface area contributed by atoms with Gasteiger partial charge in [0.15, 0.2) is 0 Å². The van der Waals surface area contributed by atoms with E-state index in [-0.39, 0.29) is 13.2 Å². The van der Waals surface area contributed by atoms with Crippen molar-refractivity contribution in [3.05, 3.63) is 122 Å². The summed E-state index contributed by atoms with van der Waals surface area (Å²) in [6.45, 7) is 10.5. The van der Waals surface area contributed by atoms with Gasteiger partial charge in [-0.2, -0.15) is 10.4 Å². The summed E-state index contributed by atoms with van der Waals surface area (Å²) in [7, 11) is 2.16. The molecule has 1 aliphatic rings. The Bertz CT molecular complexity index is 2040. The molecule has 1 fully saturated rings. The molecule has 2 aromatic heterocycles. The Morgan fingerprint density at radius 3 is 2.52 bits per heavy atom. The average Bonchev–Trinajstić information content (AvgIpc) is 3.47. The van der Waals surface area contributed by atoms with Gasteiger partial charge in [0.05, 0.1) is 27.9 Å². The number of likely N-dealkylation sites (tertiary alicyclic amines) is 1. The van der Waals surface area contributed by atoms with Crippen LogP contribution >= 0.6 is 23.2 Å². The summed E-state index contributed by atoms with van der Waals surface area (Å²) in [6, 6.07) is 19.7. The number of aryl methyl sites for hydroxylation is 2. The third kappa shape index (κ3) is 9.06. The standard InChI is InChI=1S/C41H44Cl2N6O3/c1-26-32(9-5-10-34(26)35-11-6-12-38(41(35)43)50-23-29-8-7-13-49(4)22-29)25-52-40-16-39(51-24-31-14-30(17-44)18-45-19-31)33(15-37(40)42)20-46-21-36-27(2)47-48-28(36)3/h5-6,9-12,14-16,18-19,29,46H,7-8,13,20-25H2,1-4H3,(H,47,48). The van der Waals surface area contributed by atoms with E-state index >= 15 is 0 Å². The van der Waals surface area contributed by atoms with Crippen molar-refractivity contribution < 1.29 is 14.2 Å². The summed E-state index contributed by atoms with van der Waals surface area (Å²) in [5, 5.41) is 21.2. The van der Waals surface area contributed by atoms with Crippen molar-refractivity contribution in [3.8, 4) is 34.4 Å². The summed E-state index contributed by atoms with van der Waals surface area (Å²) < 4.78 is 19.0. The highest BCUT2D eigenvalue weighted by molar-refractivity contribution is 6.35. The second-order valence-electron chi connectivity index (χ2n) is 13.5. The maximum absolute atomic E-state index is 9.34. The minimum Gasteiger partial charge on any atom is -0.492 e. The van der Waals surface area contributed by atoms with Crippen LogP contribution in [0.5, 0.6) is 17.2 Å². The second-order valence-corrected chi connectivity index (χ2v) is 14.3. The molecule has 0 radical (unpaired) electrons. The lowest BCUT2D eigenvalue weighted by molar-refractivity contribution is 0.150. The zero-order valence-electron chi connectivity index (χ0n) is 30.1. The molecule has 1 saturated heterocycles. The van der Waals surface area contributed by atoms with Crippen LogP contribution in [-0.2, 0) is 26.3 Å². The molecule has 1 aliphatic heterocycles. The predicted octanol–water partition coefficient (Wildman–Crippen LogP) is 8.74. The number of pyridine rings is 1. The Morgan fingerprint density at radius 2 is 1.73 bits per heavy atom. The van der Waals surface area contributed by atoms with Crippen molar-refractivity contribution in [2.75, 3.05) is 26.7 Å². The quantitative estimate of drug-likeness (QED) is 0.116. The zero-order chi connectivity index (χ0) is 36.6. The van der Waals surface area contributed by atoms with Gasteiger partial charge in [-0.1, -0.05) is 53.5 Å². The monoisotopic (exact) mass is 738 g/mol. The molecule has 3 heterocycles. The van der Waals surface area contributed by atoms with Crippen LogP contribution in [0, 0.1) is 38.0 Å². The number of hydrogen-bond acceptors (Lipinski definition) is 8. The van der Waals surface area contributed by atoms with Crippen molar-refractivity contribution in [1.82, 2.24) is 25.4 Å². The van der Waals surface area contributed by atoms with Crippen molar-refractivity contribution in [1.29, 1.82) is 5.26 Å². The number of hydrogen-bond donors (Lipinski definition) is 2. The maximum Gasteiger partial charge on any atom is 0.142 e. The fourth-order valence-electron chi connectivity index (χ4n) is 6.64. The van der Waals surface area contributed by atoms with Crippen LogP contribution in [0.15, 0.2) is 67.0 Å². The number of rotatable bonds is 14. The Kier molecular flexibility index (Phi) is 12.4. The van der Waals surface area contributed by atoms with Crippen LogP contribution < -0.4 is 19.5 Å². The molecule has 1 atom stereocenters. The zero-order valence-corrected chi connectivity index (χ0v) is 31.6. The number of nitrogens with zero attached hydrogens (tertiary/aromatic N) is 4. The lowest BCUT2D eigenvalue weighted by Crippen LogP contribution is -2.34. The summed E-state index contributed by atoms with van der Waals surface area (Å²) in [6.07, 6.45) is 5.57. The molecule has 3 aromatic carbocycles. The van der Waals surface area contributed by atoms with Gasteiger partial charge in [0, 0.05) is 72.0 Å². The van der Waals surface area contributed by atoms with E-state index in [4.69, 9.17) is 37.4 Å². The highest BCUT2D eigenvalue weighted by Gasteiger charge is 2.20. The Balaban J connectivity index is 1.19. The first-order valence-corrected chi connectivity index (χ1v) is 18.3. The fourth-order valence-corrected chi connectivity index (χ4v) is 7.16. The van der Waals surface area contributed by atoms with Crippen LogP contribution in [0.2, 0.25) is 10.0 Å². The molecule has 52 heavy (non-hydrogen) atoms. The number of benzene rings is 3. The highest BCUT2D eigenvalue weighted by Crippen LogP contribution is 2.39. The molecule has 0 saturated carbocycles. The molecule has 1 unspecified atom stereocenters. The van der Waals surface area contributed by atoms with Crippen molar-refractivity contribution in [3.63, 3.8) is 0 Å². The van der Waals surface area contributed by atoms with E-state index in [0.29, 0.717) is 58.5 Å². The van der Waals surface area contributed by atoms with Gasteiger partial charge in [-0.05, 0) is 82.1 Å². The summed E-state index contributed by atoms with van der Waals surface area (Å²) in [4.78, 5) is 6.53. The number of aromatic nitrogens is 3. The molecule has 5 aromatic rings. The first kappa shape index (κ1) is 37.2. The summed E-state index contributed by atoms with van der Waals surface area (Å²) in [5.74, 6) is 2.31. The predicted molar refractivity (Wildman–Crippen MR) is 205 cm³/mol. The summed E-state index contributed by atoms with van der Waals surface area (Å²) >= 11 is 13.8. The van der Waals surface area contributed by atoms with Gasteiger partial charge in [0.2, 0.25) is 0 Å². The van der Waals surface area contributed by atoms with Crippen LogP contribution in [-0.4, -0.2) is 46.8 Å². The number of H-pyrrole nitrogens is 1. The van der Waals surface area contributed by atoms with Crippen LogP contribution in [0.25, 0.3) is 11.1 Å². The van der Waals surface area contributed by atoms with E-state index in [1.807, 2.05) is 56.3 Å². The Hall–Kier alpha value is -4.59. The fraction of sp³-hybridized carbons (Fsp3) is 0.341. The van der Waals surface area contributed by atoms with E-state index in [0.717, 1.165) is 63.4 Å². The molecule has 11 heteroatoms. The topological polar surface area (TPSA) is 108 Å². The average molecular weight is 740 g/mol. The number of piperidine rings is 1. The number of halogens is 2. The minimum atomic E-state index is 0.221. The molecule has 0 aliphatic carbocycles. The molecule has 0 spiro atoms.